The number of esters is 1. The van der Waals surface area contributed by atoms with Crippen LogP contribution in [0.5, 0.6) is 0 Å². The molecule has 23 heavy (non-hydrogen) atoms. The van der Waals surface area contributed by atoms with Gasteiger partial charge in [0.05, 0.1) is 17.9 Å². The van der Waals surface area contributed by atoms with Crippen molar-refractivity contribution in [2.45, 2.75) is 27.3 Å². The Morgan fingerprint density at radius 3 is 2.61 bits per heavy atom. The molecule has 0 radical (unpaired) electrons. The topological polar surface area (TPSA) is 60.3 Å². The minimum Gasteiger partial charge on any atom is -0.462 e. The highest BCUT2D eigenvalue weighted by atomic mass is 127. The van der Waals surface area contributed by atoms with Crippen molar-refractivity contribution in [1.82, 2.24) is 4.57 Å². The van der Waals surface area contributed by atoms with E-state index in [2.05, 4.69) is 27.9 Å². The average molecular weight is 426 g/mol. The molecule has 0 unspecified atom stereocenters. The number of ether oxygens (including phenoxy) is 1. The molecule has 1 aromatic heterocycles. The highest BCUT2D eigenvalue weighted by molar-refractivity contribution is 14.1. The number of halogens is 1. The van der Waals surface area contributed by atoms with Crippen LogP contribution in [-0.2, 0) is 16.1 Å². The summed E-state index contributed by atoms with van der Waals surface area (Å²) in [6.07, 6.45) is 0. The maximum absolute atomic E-state index is 12.3. The van der Waals surface area contributed by atoms with Crippen molar-refractivity contribution in [3.05, 3.63) is 50.9 Å². The summed E-state index contributed by atoms with van der Waals surface area (Å²) in [6, 6.07) is 9.35. The predicted molar refractivity (Wildman–Crippen MR) is 97.7 cm³/mol. The molecule has 0 atom stereocenters. The zero-order chi connectivity index (χ0) is 17.0. The zero-order valence-electron chi connectivity index (χ0n) is 13.4. The van der Waals surface area contributed by atoms with Crippen LogP contribution < -0.4 is 5.32 Å². The van der Waals surface area contributed by atoms with E-state index in [0.29, 0.717) is 12.2 Å². The lowest BCUT2D eigenvalue weighted by Crippen LogP contribution is -2.21. The first-order chi connectivity index (χ1) is 10.9. The quantitative estimate of drug-likeness (QED) is 0.588. The molecule has 0 aliphatic heterocycles. The Balaban J connectivity index is 2.15. The Labute approximate surface area is 149 Å². The van der Waals surface area contributed by atoms with Gasteiger partial charge in [-0.25, -0.2) is 4.79 Å². The number of hydrogen-bond donors (Lipinski definition) is 1. The summed E-state index contributed by atoms with van der Waals surface area (Å²) >= 11 is 2.18. The van der Waals surface area contributed by atoms with Gasteiger partial charge in [-0.15, -0.1) is 0 Å². The molecule has 2 rings (SSSR count). The largest absolute Gasteiger partial charge is 0.462 e. The van der Waals surface area contributed by atoms with Crippen LogP contribution in [0.1, 0.15) is 28.7 Å². The maximum atomic E-state index is 12.3. The molecule has 5 nitrogen and oxygen atoms in total. The van der Waals surface area contributed by atoms with E-state index in [0.717, 1.165) is 20.6 Å². The lowest BCUT2D eigenvalue weighted by molar-refractivity contribution is -0.116. The van der Waals surface area contributed by atoms with Gasteiger partial charge < -0.3 is 14.6 Å². The number of para-hydroxylation sites is 1. The summed E-state index contributed by atoms with van der Waals surface area (Å²) in [5.41, 5.74) is 2.87. The second-order valence-corrected chi connectivity index (χ2v) is 6.28. The van der Waals surface area contributed by atoms with E-state index in [1.165, 1.54) is 0 Å². The number of nitrogens with zero attached hydrogens (tertiary/aromatic N) is 1. The monoisotopic (exact) mass is 426 g/mol. The van der Waals surface area contributed by atoms with Crippen LogP contribution in [0.2, 0.25) is 0 Å². The minimum absolute atomic E-state index is 0.133. The Bertz CT molecular complexity index is 737. The van der Waals surface area contributed by atoms with Gasteiger partial charge in [0, 0.05) is 15.0 Å². The molecule has 2 aromatic rings. The van der Waals surface area contributed by atoms with Gasteiger partial charge in [-0.3, -0.25) is 4.79 Å². The highest BCUT2D eigenvalue weighted by Crippen LogP contribution is 2.19. The van der Waals surface area contributed by atoms with Gasteiger partial charge >= 0.3 is 5.97 Å². The summed E-state index contributed by atoms with van der Waals surface area (Å²) in [4.78, 5) is 24.2. The molecule has 0 fully saturated rings. The number of anilines is 1. The Hall–Kier alpha value is -1.83. The lowest BCUT2D eigenvalue weighted by Gasteiger charge is -2.11. The predicted octanol–water partition coefficient (Wildman–Crippen LogP) is 3.52. The molecule has 122 valence electrons. The molecule has 0 saturated carbocycles. The number of carbonyl (C=O) groups is 2. The third kappa shape index (κ3) is 4.13. The van der Waals surface area contributed by atoms with E-state index in [-0.39, 0.29) is 18.4 Å². The van der Waals surface area contributed by atoms with Crippen LogP contribution in [0.15, 0.2) is 30.3 Å². The fourth-order valence-electron chi connectivity index (χ4n) is 2.36. The molecule has 0 aliphatic carbocycles. The van der Waals surface area contributed by atoms with Crippen LogP contribution in [0.3, 0.4) is 0 Å². The Kier molecular flexibility index (Phi) is 5.81. The molecular weight excluding hydrogens is 407 g/mol. The first-order valence-electron chi connectivity index (χ1n) is 7.32. The van der Waals surface area contributed by atoms with Gasteiger partial charge in [0.2, 0.25) is 5.91 Å². The summed E-state index contributed by atoms with van der Waals surface area (Å²) in [5.74, 6) is -0.490. The second kappa shape index (κ2) is 7.63. The van der Waals surface area contributed by atoms with Gasteiger partial charge in [0.15, 0.2) is 0 Å². The number of carbonyl (C=O) groups excluding carboxylic acids is 2. The zero-order valence-corrected chi connectivity index (χ0v) is 15.5. The molecule has 0 bridgehead atoms. The first-order valence-corrected chi connectivity index (χ1v) is 8.40. The summed E-state index contributed by atoms with van der Waals surface area (Å²) in [6.45, 7) is 5.94. The molecular formula is C17H19IN2O3. The van der Waals surface area contributed by atoms with Crippen molar-refractivity contribution in [1.29, 1.82) is 0 Å². The van der Waals surface area contributed by atoms with Crippen molar-refractivity contribution >= 4 is 40.2 Å². The average Bonchev–Trinajstić information content (AvgIpc) is 2.78. The van der Waals surface area contributed by atoms with Crippen LogP contribution in [-0.4, -0.2) is 23.1 Å². The molecule has 0 saturated heterocycles. The number of rotatable bonds is 5. The molecule has 0 spiro atoms. The number of aryl methyl sites for hydroxylation is 1. The number of benzene rings is 1. The third-order valence-electron chi connectivity index (χ3n) is 3.52. The molecule has 1 heterocycles. The van der Waals surface area contributed by atoms with Gasteiger partial charge in [0.25, 0.3) is 0 Å². The van der Waals surface area contributed by atoms with Crippen LogP contribution >= 0.6 is 22.6 Å². The normalized spacial score (nSPS) is 10.4. The fraction of sp³-hybridized carbons (Fsp3) is 0.294. The highest BCUT2D eigenvalue weighted by Gasteiger charge is 2.18. The van der Waals surface area contributed by atoms with E-state index < -0.39 is 0 Å². The number of hydrogen-bond acceptors (Lipinski definition) is 3. The molecule has 6 heteroatoms. The van der Waals surface area contributed by atoms with E-state index in [9.17, 15) is 9.59 Å². The van der Waals surface area contributed by atoms with Crippen LogP contribution in [0.4, 0.5) is 5.69 Å². The van der Waals surface area contributed by atoms with Crippen molar-refractivity contribution in [3.63, 3.8) is 0 Å². The summed E-state index contributed by atoms with van der Waals surface area (Å²) in [7, 11) is 0. The number of amides is 1. The van der Waals surface area contributed by atoms with E-state index in [1.807, 2.05) is 42.7 Å². The smallest absolute Gasteiger partial charge is 0.339 e. The lowest BCUT2D eigenvalue weighted by atomic mass is 10.2. The van der Waals surface area contributed by atoms with Crippen LogP contribution in [0.25, 0.3) is 0 Å². The van der Waals surface area contributed by atoms with E-state index in [4.69, 9.17) is 4.74 Å². The van der Waals surface area contributed by atoms with Crippen molar-refractivity contribution in [2.75, 3.05) is 11.9 Å². The number of aromatic nitrogens is 1. The number of nitrogens with one attached hydrogen (secondary N) is 1. The molecule has 1 amide bonds. The third-order valence-corrected chi connectivity index (χ3v) is 4.46. The molecule has 1 aromatic carbocycles. The van der Waals surface area contributed by atoms with Gasteiger partial charge in [-0.1, -0.05) is 12.1 Å². The maximum Gasteiger partial charge on any atom is 0.339 e. The Morgan fingerprint density at radius 2 is 1.96 bits per heavy atom. The van der Waals surface area contributed by atoms with Crippen LogP contribution in [0, 0.1) is 17.4 Å². The first kappa shape index (κ1) is 17.5. The minimum atomic E-state index is -0.357. The summed E-state index contributed by atoms with van der Waals surface area (Å²) < 4.78 is 7.83. The molecule has 1 N–H and O–H groups in total. The SMILES string of the molecule is CCOC(=O)c1cc(C)n(CC(=O)Nc2ccccc2I)c1C. The molecule has 0 aliphatic rings. The standard InChI is InChI=1S/C17H19IN2O3/c1-4-23-17(22)13-9-11(2)20(12(13)3)10-16(21)19-15-8-6-5-7-14(15)18/h5-9H,4,10H2,1-3H3,(H,19,21). The fourth-order valence-corrected chi connectivity index (χ4v) is 2.88. The van der Waals surface area contributed by atoms with Gasteiger partial charge in [0.1, 0.15) is 6.54 Å². The van der Waals surface area contributed by atoms with Crippen molar-refractivity contribution < 1.29 is 14.3 Å². The van der Waals surface area contributed by atoms with Gasteiger partial charge in [-0.05, 0) is 61.6 Å². The van der Waals surface area contributed by atoms with Gasteiger partial charge in [-0.2, -0.15) is 0 Å². The van der Waals surface area contributed by atoms with Crippen molar-refractivity contribution in [3.8, 4) is 0 Å². The Morgan fingerprint density at radius 1 is 1.26 bits per heavy atom. The van der Waals surface area contributed by atoms with E-state index in [1.54, 1.807) is 13.0 Å². The van der Waals surface area contributed by atoms with E-state index >= 15 is 0 Å². The summed E-state index contributed by atoms with van der Waals surface area (Å²) in [5, 5.41) is 2.89. The van der Waals surface area contributed by atoms with Crippen molar-refractivity contribution in [2.24, 2.45) is 0 Å². The second-order valence-electron chi connectivity index (χ2n) is 5.12.